The monoisotopic (exact) mass is 366 g/mol. The predicted molar refractivity (Wildman–Crippen MR) is 90.2 cm³/mol. The van der Waals surface area contributed by atoms with Crippen LogP contribution in [0.3, 0.4) is 0 Å². The summed E-state index contributed by atoms with van der Waals surface area (Å²) in [6.45, 7) is 0.465. The van der Waals surface area contributed by atoms with Crippen LogP contribution in [0.1, 0.15) is 20.2 Å². The molecule has 2 N–H and O–H groups in total. The third-order valence-electron chi connectivity index (χ3n) is 3.24. The molecule has 0 bridgehead atoms. The first-order chi connectivity index (χ1) is 11.6. The molecule has 124 valence electrons. The normalized spacial score (nSPS) is 10.8. The molecule has 0 fully saturated rings. The maximum atomic E-state index is 13.2. The highest BCUT2D eigenvalue weighted by atomic mass is 35.5. The Morgan fingerprint density at radius 3 is 2.62 bits per heavy atom. The Balaban J connectivity index is 1.57. The summed E-state index contributed by atoms with van der Waals surface area (Å²) in [5, 5.41) is 6.21. The van der Waals surface area contributed by atoms with E-state index in [2.05, 4.69) is 10.6 Å². The largest absolute Gasteiger partial charge is 0.459 e. The molecule has 0 spiro atoms. The number of furan rings is 1. The Morgan fingerprint density at radius 1 is 1.17 bits per heavy atom. The van der Waals surface area contributed by atoms with Gasteiger partial charge in [0.05, 0.1) is 11.3 Å². The number of rotatable bonds is 5. The molecule has 5 nitrogen and oxygen atoms in total. The Bertz CT molecular complexity index is 892. The number of benzene rings is 1. The van der Waals surface area contributed by atoms with Crippen LogP contribution in [0.5, 0.6) is 0 Å². The lowest BCUT2D eigenvalue weighted by Crippen LogP contribution is -2.34. The van der Waals surface area contributed by atoms with Gasteiger partial charge in [0.2, 0.25) is 0 Å². The number of thiophene rings is 1. The lowest BCUT2D eigenvalue weighted by molar-refractivity contribution is 0.0911. The van der Waals surface area contributed by atoms with Gasteiger partial charge in [-0.05, 0) is 30.3 Å². The number of nitrogens with one attached hydrogen (secondary N) is 2. The van der Waals surface area contributed by atoms with E-state index >= 15 is 0 Å². The van der Waals surface area contributed by atoms with Crippen molar-refractivity contribution in [1.29, 1.82) is 0 Å². The summed E-state index contributed by atoms with van der Waals surface area (Å²) in [5.41, 5.74) is 0. The summed E-state index contributed by atoms with van der Waals surface area (Å²) in [4.78, 5) is 24.1. The Hall–Kier alpha value is -2.38. The van der Waals surface area contributed by atoms with Crippen LogP contribution in [0.2, 0.25) is 5.02 Å². The molecule has 2 amide bonds. The first kappa shape index (κ1) is 16.5. The standard InChI is InChI=1S/C16H12ClFN2O3S/c17-13-10-4-3-9(18)8-12(10)24-14(13)16(22)20-6-5-19-15(21)11-2-1-7-23-11/h1-4,7-8H,5-6H2,(H,19,21)(H,20,22). The Morgan fingerprint density at radius 2 is 1.92 bits per heavy atom. The Labute approximate surface area is 145 Å². The molecular formula is C16H12ClFN2O3S. The molecule has 0 aliphatic rings. The lowest BCUT2D eigenvalue weighted by Gasteiger charge is -2.05. The van der Waals surface area contributed by atoms with Crippen molar-refractivity contribution in [3.8, 4) is 0 Å². The summed E-state index contributed by atoms with van der Waals surface area (Å²) in [7, 11) is 0. The van der Waals surface area contributed by atoms with Gasteiger partial charge in [-0.3, -0.25) is 9.59 Å². The van der Waals surface area contributed by atoms with Crippen molar-refractivity contribution < 1.29 is 18.4 Å². The average molecular weight is 367 g/mol. The van der Waals surface area contributed by atoms with Crippen molar-refractivity contribution in [1.82, 2.24) is 10.6 Å². The second-order valence-electron chi connectivity index (χ2n) is 4.87. The third-order valence-corrected chi connectivity index (χ3v) is 4.89. The number of carbonyl (C=O) groups excluding carboxylic acids is 2. The van der Waals surface area contributed by atoms with E-state index < -0.39 is 0 Å². The van der Waals surface area contributed by atoms with Crippen LogP contribution in [-0.4, -0.2) is 24.9 Å². The fourth-order valence-electron chi connectivity index (χ4n) is 2.11. The van der Waals surface area contributed by atoms with Crippen molar-refractivity contribution in [2.24, 2.45) is 0 Å². The fraction of sp³-hybridized carbons (Fsp3) is 0.125. The molecule has 24 heavy (non-hydrogen) atoms. The predicted octanol–water partition coefficient (Wildman–Crippen LogP) is 3.45. The summed E-state index contributed by atoms with van der Waals surface area (Å²) in [6.07, 6.45) is 1.41. The molecule has 1 aromatic carbocycles. The smallest absolute Gasteiger partial charge is 0.287 e. The molecule has 0 saturated heterocycles. The van der Waals surface area contributed by atoms with Crippen molar-refractivity contribution >= 4 is 44.8 Å². The summed E-state index contributed by atoms with van der Waals surface area (Å²) in [5.74, 6) is -0.901. The summed E-state index contributed by atoms with van der Waals surface area (Å²) < 4.78 is 18.8. The van der Waals surface area contributed by atoms with Crippen molar-refractivity contribution in [2.75, 3.05) is 13.1 Å². The van der Waals surface area contributed by atoms with Crippen LogP contribution < -0.4 is 10.6 Å². The van der Waals surface area contributed by atoms with Crippen molar-refractivity contribution in [3.63, 3.8) is 0 Å². The van der Waals surface area contributed by atoms with Crippen LogP contribution in [0, 0.1) is 5.82 Å². The maximum Gasteiger partial charge on any atom is 0.287 e. The lowest BCUT2D eigenvalue weighted by atomic mass is 10.2. The molecule has 3 rings (SSSR count). The minimum atomic E-state index is -0.381. The van der Waals surface area contributed by atoms with Gasteiger partial charge in [-0.25, -0.2) is 4.39 Å². The highest BCUT2D eigenvalue weighted by Crippen LogP contribution is 2.35. The molecule has 0 atom stereocenters. The number of hydrogen-bond donors (Lipinski definition) is 2. The van der Waals surface area contributed by atoms with E-state index in [1.54, 1.807) is 18.2 Å². The van der Waals surface area contributed by atoms with Crippen LogP contribution in [0.25, 0.3) is 10.1 Å². The van der Waals surface area contributed by atoms with Gasteiger partial charge in [-0.2, -0.15) is 0 Å². The first-order valence-corrected chi connectivity index (χ1v) is 8.23. The van der Waals surface area contributed by atoms with E-state index in [4.69, 9.17) is 16.0 Å². The molecule has 3 aromatic rings. The van der Waals surface area contributed by atoms with E-state index in [0.29, 0.717) is 20.0 Å². The maximum absolute atomic E-state index is 13.2. The van der Waals surface area contributed by atoms with Gasteiger partial charge in [0.1, 0.15) is 10.7 Å². The number of carbonyl (C=O) groups is 2. The second-order valence-corrected chi connectivity index (χ2v) is 6.30. The van der Waals surface area contributed by atoms with Gasteiger partial charge in [-0.15, -0.1) is 11.3 Å². The van der Waals surface area contributed by atoms with Crippen LogP contribution >= 0.6 is 22.9 Å². The molecule has 8 heteroatoms. The molecule has 2 heterocycles. The van der Waals surface area contributed by atoms with Crippen molar-refractivity contribution in [3.05, 3.63) is 58.1 Å². The second kappa shape index (κ2) is 7.02. The highest BCUT2D eigenvalue weighted by molar-refractivity contribution is 7.21. The molecule has 0 aliphatic carbocycles. The topological polar surface area (TPSA) is 71.3 Å². The molecule has 0 saturated carbocycles. The summed E-state index contributed by atoms with van der Waals surface area (Å²) >= 11 is 7.30. The van der Waals surface area contributed by atoms with Gasteiger partial charge < -0.3 is 15.1 Å². The van der Waals surface area contributed by atoms with E-state index in [0.717, 1.165) is 11.3 Å². The quantitative estimate of drug-likeness (QED) is 0.679. The molecule has 0 unspecified atom stereocenters. The van der Waals surface area contributed by atoms with Gasteiger partial charge >= 0.3 is 0 Å². The number of halogens is 2. The van der Waals surface area contributed by atoms with Crippen LogP contribution in [0.15, 0.2) is 41.0 Å². The van der Waals surface area contributed by atoms with Crippen molar-refractivity contribution in [2.45, 2.75) is 0 Å². The molecular weight excluding hydrogens is 355 g/mol. The van der Waals surface area contributed by atoms with E-state index in [1.165, 1.54) is 18.4 Å². The van der Waals surface area contributed by atoms with Gasteiger partial charge in [0, 0.05) is 23.2 Å². The average Bonchev–Trinajstić information content (AvgIpc) is 3.19. The zero-order chi connectivity index (χ0) is 17.1. The van der Waals surface area contributed by atoms with Crippen LogP contribution in [0.4, 0.5) is 4.39 Å². The summed E-state index contributed by atoms with van der Waals surface area (Å²) in [6, 6.07) is 7.34. The molecule has 2 aromatic heterocycles. The number of amides is 2. The van der Waals surface area contributed by atoms with Crippen LogP contribution in [-0.2, 0) is 0 Å². The van der Waals surface area contributed by atoms with E-state index in [-0.39, 0.29) is 36.5 Å². The zero-order valence-corrected chi connectivity index (χ0v) is 13.8. The van der Waals surface area contributed by atoms with Gasteiger partial charge in [0.15, 0.2) is 5.76 Å². The SMILES string of the molecule is O=C(NCCNC(=O)c1sc2cc(F)ccc2c1Cl)c1ccco1. The van der Waals surface area contributed by atoms with E-state index in [1.807, 2.05) is 0 Å². The molecule has 0 aliphatic heterocycles. The Kier molecular flexibility index (Phi) is 4.82. The van der Waals surface area contributed by atoms with E-state index in [9.17, 15) is 14.0 Å². The van der Waals surface area contributed by atoms with Gasteiger partial charge in [0.25, 0.3) is 11.8 Å². The zero-order valence-electron chi connectivity index (χ0n) is 12.3. The third kappa shape index (κ3) is 3.42. The fourth-order valence-corrected chi connectivity index (χ4v) is 3.57. The molecule has 0 radical (unpaired) electrons. The first-order valence-electron chi connectivity index (χ1n) is 7.03. The highest BCUT2D eigenvalue weighted by Gasteiger charge is 2.17. The minimum Gasteiger partial charge on any atom is -0.459 e. The number of hydrogen-bond acceptors (Lipinski definition) is 4. The van der Waals surface area contributed by atoms with Gasteiger partial charge in [-0.1, -0.05) is 11.6 Å². The minimum absolute atomic E-state index is 0.205. The number of fused-ring (bicyclic) bond motifs is 1.